The summed E-state index contributed by atoms with van der Waals surface area (Å²) in [5, 5.41) is 15.7. The predicted molar refractivity (Wildman–Crippen MR) is 118 cm³/mol. The summed E-state index contributed by atoms with van der Waals surface area (Å²) in [7, 11) is 0. The molecule has 0 aliphatic rings. The summed E-state index contributed by atoms with van der Waals surface area (Å²) in [4.78, 5) is 32.6. The number of anilines is 1. The van der Waals surface area contributed by atoms with Gasteiger partial charge in [-0.15, -0.1) is 11.3 Å². The minimum absolute atomic E-state index is 0.0698. The van der Waals surface area contributed by atoms with Gasteiger partial charge in [0.2, 0.25) is 5.91 Å². The molecule has 0 atom stereocenters. The van der Waals surface area contributed by atoms with Gasteiger partial charge in [0.15, 0.2) is 5.13 Å². The number of pyridine rings is 1. The summed E-state index contributed by atoms with van der Waals surface area (Å²) in [5.41, 5.74) is 4.04. The normalized spacial score (nSPS) is 10.6. The molecule has 0 unspecified atom stereocenters. The molecule has 1 N–H and O–H groups in total. The van der Waals surface area contributed by atoms with E-state index in [2.05, 4.69) is 21.4 Å². The fourth-order valence-corrected chi connectivity index (χ4v) is 4.20. The van der Waals surface area contributed by atoms with Gasteiger partial charge in [-0.25, -0.2) is 9.97 Å². The van der Waals surface area contributed by atoms with Crippen LogP contribution in [0.5, 0.6) is 0 Å². The molecule has 0 radical (unpaired) electrons. The maximum Gasteiger partial charge on any atom is 0.311 e. The van der Waals surface area contributed by atoms with E-state index < -0.39 is 0 Å². The molecule has 0 saturated carbocycles. The Morgan fingerprint density at radius 1 is 1.23 bits per heavy atom. The fourth-order valence-electron chi connectivity index (χ4n) is 2.71. The van der Waals surface area contributed by atoms with Gasteiger partial charge < -0.3 is 10.1 Å². The van der Waals surface area contributed by atoms with E-state index in [4.69, 9.17) is 4.74 Å². The number of aromatic nitrogens is 2. The third-order valence-corrected chi connectivity index (χ3v) is 6.08. The minimum Gasteiger partial charge on any atom is -0.466 e. The van der Waals surface area contributed by atoms with Crippen LogP contribution in [0.4, 0.5) is 5.13 Å². The predicted octanol–water partition coefficient (Wildman–Crippen LogP) is 4.02. The Kier molecular flexibility index (Phi) is 7.03. The topological polar surface area (TPSA) is 105 Å². The van der Waals surface area contributed by atoms with Gasteiger partial charge in [-0.3, -0.25) is 9.59 Å². The van der Waals surface area contributed by atoms with Gasteiger partial charge in [-0.1, -0.05) is 11.8 Å². The molecule has 0 aliphatic heterocycles. The molecule has 0 aliphatic carbocycles. The lowest BCUT2D eigenvalue weighted by atomic mass is 10.1. The molecule has 30 heavy (non-hydrogen) atoms. The van der Waals surface area contributed by atoms with Gasteiger partial charge in [-0.2, -0.15) is 5.26 Å². The summed E-state index contributed by atoms with van der Waals surface area (Å²) in [6, 6.07) is 7.95. The average Bonchev–Trinajstić information content (AvgIpc) is 3.13. The first kappa shape index (κ1) is 21.7. The summed E-state index contributed by atoms with van der Waals surface area (Å²) >= 11 is 2.45. The molecular weight excluding hydrogens is 420 g/mol. The number of ether oxygens (including phenoxy) is 1. The molecule has 154 valence electrons. The van der Waals surface area contributed by atoms with Crippen molar-refractivity contribution in [3.8, 4) is 6.07 Å². The zero-order valence-corrected chi connectivity index (χ0v) is 18.4. The lowest BCUT2D eigenvalue weighted by molar-refractivity contribution is -0.142. The molecule has 7 nitrogen and oxygen atoms in total. The summed E-state index contributed by atoms with van der Waals surface area (Å²) in [6.07, 6.45) is 0.0698. The monoisotopic (exact) mass is 440 g/mol. The SMILES string of the molecule is CCOC(=O)Cc1csc(NC(=O)CSc2nc3cc(C)c(C)cc3cc2C#N)n1. The molecule has 1 aromatic carbocycles. The van der Waals surface area contributed by atoms with Crippen LogP contribution in [0.2, 0.25) is 0 Å². The van der Waals surface area contributed by atoms with Crippen molar-refractivity contribution in [2.24, 2.45) is 0 Å². The average molecular weight is 441 g/mol. The Morgan fingerprint density at radius 3 is 2.73 bits per heavy atom. The third-order valence-electron chi connectivity index (χ3n) is 4.28. The first-order chi connectivity index (χ1) is 14.4. The van der Waals surface area contributed by atoms with Crippen LogP contribution in [-0.2, 0) is 20.7 Å². The number of fused-ring (bicyclic) bond motifs is 1. The second kappa shape index (κ2) is 9.69. The number of hydrogen-bond acceptors (Lipinski definition) is 8. The number of aryl methyl sites for hydroxylation is 2. The third kappa shape index (κ3) is 5.34. The molecule has 0 bridgehead atoms. The molecule has 3 rings (SSSR count). The lowest BCUT2D eigenvalue weighted by Gasteiger charge is -2.08. The summed E-state index contributed by atoms with van der Waals surface area (Å²) < 4.78 is 4.89. The highest BCUT2D eigenvalue weighted by molar-refractivity contribution is 8.00. The first-order valence-corrected chi connectivity index (χ1v) is 11.1. The molecule has 2 aromatic heterocycles. The number of thioether (sulfide) groups is 1. The van der Waals surface area contributed by atoms with Crippen LogP contribution in [0.1, 0.15) is 29.3 Å². The number of esters is 1. The Hall–Kier alpha value is -2.96. The van der Waals surface area contributed by atoms with Gasteiger partial charge in [0.05, 0.1) is 35.6 Å². The number of hydrogen-bond donors (Lipinski definition) is 1. The van der Waals surface area contributed by atoms with Crippen molar-refractivity contribution in [3.05, 3.63) is 46.0 Å². The van der Waals surface area contributed by atoms with Gasteiger partial charge >= 0.3 is 5.97 Å². The lowest BCUT2D eigenvalue weighted by Crippen LogP contribution is -2.14. The number of nitriles is 1. The second-order valence-electron chi connectivity index (χ2n) is 6.54. The molecule has 0 fully saturated rings. The highest BCUT2D eigenvalue weighted by Gasteiger charge is 2.13. The number of carbonyl (C=O) groups excluding carboxylic acids is 2. The first-order valence-electron chi connectivity index (χ1n) is 9.24. The van der Waals surface area contributed by atoms with E-state index >= 15 is 0 Å². The zero-order valence-electron chi connectivity index (χ0n) is 16.8. The molecule has 3 aromatic rings. The number of carbonyl (C=O) groups is 2. The number of amides is 1. The van der Waals surface area contributed by atoms with Crippen molar-refractivity contribution in [3.63, 3.8) is 0 Å². The van der Waals surface area contributed by atoms with E-state index in [1.807, 2.05) is 26.0 Å². The van der Waals surface area contributed by atoms with Crippen LogP contribution < -0.4 is 5.32 Å². The maximum atomic E-state index is 12.3. The minimum atomic E-state index is -0.354. The van der Waals surface area contributed by atoms with E-state index in [0.717, 1.165) is 22.0 Å². The van der Waals surface area contributed by atoms with Gasteiger partial charge in [0.25, 0.3) is 0 Å². The van der Waals surface area contributed by atoms with Gasteiger partial charge in [0.1, 0.15) is 11.1 Å². The Labute approximate surface area is 182 Å². The number of thiazole rings is 1. The summed E-state index contributed by atoms with van der Waals surface area (Å²) in [6.45, 7) is 6.09. The van der Waals surface area contributed by atoms with Crippen LogP contribution in [0.15, 0.2) is 28.6 Å². The molecule has 0 spiro atoms. The van der Waals surface area contributed by atoms with Gasteiger partial charge in [-0.05, 0) is 50.1 Å². The summed E-state index contributed by atoms with van der Waals surface area (Å²) in [5.74, 6) is -0.527. The Bertz CT molecular complexity index is 1150. The van der Waals surface area contributed by atoms with E-state index in [9.17, 15) is 14.9 Å². The van der Waals surface area contributed by atoms with Crippen molar-refractivity contribution in [2.45, 2.75) is 32.2 Å². The van der Waals surface area contributed by atoms with Crippen LogP contribution in [0, 0.1) is 25.2 Å². The van der Waals surface area contributed by atoms with Crippen molar-refractivity contribution >= 4 is 51.0 Å². The number of nitrogens with zero attached hydrogens (tertiary/aromatic N) is 3. The highest BCUT2D eigenvalue weighted by atomic mass is 32.2. The molecule has 9 heteroatoms. The van der Waals surface area contributed by atoms with E-state index in [1.54, 1.807) is 18.4 Å². The van der Waals surface area contributed by atoms with E-state index in [1.165, 1.54) is 23.1 Å². The van der Waals surface area contributed by atoms with Crippen LogP contribution >= 0.6 is 23.1 Å². The van der Waals surface area contributed by atoms with Crippen LogP contribution in [-0.4, -0.2) is 34.2 Å². The molecule has 1 amide bonds. The second-order valence-corrected chi connectivity index (χ2v) is 8.37. The van der Waals surface area contributed by atoms with Crippen LogP contribution in [0.25, 0.3) is 10.9 Å². The quantitative estimate of drug-likeness (QED) is 0.437. The number of benzene rings is 1. The standard InChI is InChI=1S/C21H20N4O3S2/c1-4-28-19(27)8-16-10-30-21(23-16)25-18(26)11-29-20-15(9-22)7-14-5-12(2)13(3)6-17(14)24-20/h5-7,10H,4,8,11H2,1-3H3,(H,23,25,26). The Morgan fingerprint density at radius 2 is 2.00 bits per heavy atom. The number of rotatable bonds is 7. The van der Waals surface area contributed by atoms with Crippen molar-refractivity contribution in [1.82, 2.24) is 9.97 Å². The zero-order chi connectivity index (χ0) is 21.7. The van der Waals surface area contributed by atoms with Crippen molar-refractivity contribution in [2.75, 3.05) is 17.7 Å². The van der Waals surface area contributed by atoms with Gasteiger partial charge in [0, 0.05) is 10.8 Å². The van der Waals surface area contributed by atoms with Crippen LogP contribution in [0.3, 0.4) is 0 Å². The van der Waals surface area contributed by atoms with Crippen molar-refractivity contribution in [1.29, 1.82) is 5.26 Å². The van der Waals surface area contributed by atoms with Crippen molar-refractivity contribution < 1.29 is 14.3 Å². The van der Waals surface area contributed by atoms with E-state index in [0.29, 0.717) is 28.0 Å². The largest absolute Gasteiger partial charge is 0.466 e. The van der Waals surface area contributed by atoms with E-state index in [-0.39, 0.29) is 24.1 Å². The molecule has 0 saturated heterocycles. The fraction of sp³-hybridized carbons (Fsp3) is 0.286. The number of nitrogens with one attached hydrogen (secondary N) is 1. The Balaban J connectivity index is 1.65. The molecule has 2 heterocycles. The maximum absolute atomic E-state index is 12.3. The smallest absolute Gasteiger partial charge is 0.311 e. The molecular formula is C21H20N4O3S2. The highest BCUT2D eigenvalue weighted by Crippen LogP contribution is 2.27.